The molecule has 0 heterocycles. The van der Waals surface area contributed by atoms with Crippen molar-refractivity contribution in [2.45, 2.75) is 96.4 Å². The number of carbonyl (C=O) groups excluding carboxylic acids is 4. The summed E-state index contributed by atoms with van der Waals surface area (Å²) in [4.78, 5) is 50.4. The van der Waals surface area contributed by atoms with Gasteiger partial charge in [-0.25, -0.2) is 0 Å². The third kappa shape index (κ3) is 9.77. The zero-order chi connectivity index (χ0) is 25.8. The lowest BCUT2D eigenvalue weighted by atomic mass is 9.83. The molecule has 2 unspecified atom stereocenters. The van der Waals surface area contributed by atoms with Crippen molar-refractivity contribution in [3.63, 3.8) is 0 Å². The summed E-state index contributed by atoms with van der Waals surface area (Å²) in [6.07, 6.45) is 4.00. The second-order valence-corrected chi connectivity index (χ2v) is 9.78. The van der Waals surface area contributed by atoms with E-state index in [1.54, 1.807) is 13.8 Å². The number of nitrogens with one attached hydrogen (secondary N) is 2. The Morgan fingerprint density at radius 1 is 0.971 bits per heavy atom. The fourth-order valence-corrected chi connectivity index (χ4v) is 4.40. The van der Waals surface area contributed by atoms with Crippen LogP contribution in [0, 0.1) is 17.8 Å². The molecule has 10 nitrogen and oxygen atoms in total. The Balaban J connectivity index is 2.74. The lowest BCUT2D eigenvalue weighted by molar-refractivity contribution is -0.137. The van der Waals surface area contributed by atoms with Crippen molar-refractivity contribution in [2.75, 3.05) is 13.2 Å². The van der Waals surface area contributed by atoms with Crippen molar-refractivity contribution in [3.8, 4) is 0 Å². The van der Waals surface area contributed by atoms with E-state index < -0.39 is 54.7 Å². The minimum Gasteiger partial charge on any atom is -0.394 e. The minimum absolute atomic E-state index is 0.0485. The van der Waals surface area contributed by atoms with Crippen LogP contribution in [0.25, 0.3) is 0 Å². The number of Topliss-reactive ketones (excluding diaryl/α,β-unsaturated/α-hetero) is 2. The van der Waals surface area contributed by atoms with E-state index in [9.17, 15) is 29.4 Å². The topological polar surface area (TPSA) is 185 Å². The van der Waals surface area contributed by atoms with E-state index in [4.69, 9.17) is 11.5 Å². The second-order valence-electron chi connectivity index (χ2n) is 9.78. The number of rotatable bonds is 15. The van der Waals surface area contributed by atoms with Crippen LogP contribution in [0.1, 0.15) is 72.1 Å². The Labute approximate surface area is 202 Å². The maximum atomic E-state index is 12.8. The fraction of sp³-hybridized carbons (Fsp3) is 0.833. The summed E-state index contributed by atoms with van der Waals surface area (Å²) >= 11 is 0. The maximum absolute atomic E-state index is 12.8. The summed E-state index contributed by atoms with van der Waals surface area (Å²) < 4.78 is 0. The van der Waals surface area contributed by atoms with Crippen molar-refractivity contribution < 1.29 is 29.4 Å². The van der Waals surface area contributed by atoms with Gasteiger partial charge in [0.05, 0.1) is 24.7 Å². The molecule has 0 saturated heterocycles. The third-order valence-corrected chi connectivity index (χ3v) is 6.61. The van der Waals surface area contributed by atoms with Gasteiger partial charge in [-0.2, -0.15) is 0 Å². The lowest BCUT2D eigenvalue weighted by Crippen LogP contribution is -2.50. The molecule has 2 amide bonds. The summed E-state index contributed by atoms with van der Waals surface area (Å²) in [6.45, 7) is 4.34. The van der Waals surface area contributed by atoms with E-state index in [1.807, 2.05) is 0 Å². The summed E-state index contributed by atoms with van der Waals surface area (Å²) in [6, 6.07) is -2.34. The van der Waals surface area contributed by atoms with Crippen molar-refractivity contribution in [3.05, 3.63) is 0 Å². The Morgan fingerprint density at radius 3 is 2.09 bits per heavy atom. The van der Waals surface area contributed by atoms with Crippen LogP contribution < -0.4 is 22.1 Å². The zero-order valence-corrected chi connectivity index (χ0v) is 20.8. The number of aliphatic hydroxyl groups excluding tert-OH is 2. The first-order valence-corrected chi connectivity index (χ1v) is 12.4. The van der Waals surface area contributed by atoms with Gasteiger partial charge >= 0.3 is 0 Å². The van der Waals surface area contributed by atoms with Crippen LogP contribution in [-0.4, -0.2) is 71.0 Å². The van der Waals surface area contributed by atoms with Gasteiger partial charge in [0.2, 0.25) is 11.8 Å². The van der Waals surface area contributed by atoms with Crippen LogP contribution in [0.2, 0.25) is 0 Å². The number of carbonyl (C=O) groups is 4. The number of hydrogen-bond donors (Lipinski definition) is 6. The lowest BCUT2D eigenvalue weighted by Gasteiger charge is -2.28. The Morgan fingerprint density at radius 2 is 1.59 bits per heavy atom. The first kappa shape index (κ1) is 30.2. The van der Waals surface area contributed by atoms with Crippen molar-refractivity contribution in [2.24, 2.45) is 29.2 Å². The molecule has 0 aromatic heterocycles. The molecule has 1 saturated carbocycles. The first-order valence-electron chi connectivity index (χ1n) is 12.4. The van der Waals surface area contributed by atoms with E-state index >= 15 is 0 Å². The maximum Gasteiger partial charge on any atom is 0.226 e. The summed E-state index contributed by atoms with van der Waals surface area (Å²) in [5.41, 5.74) is 11.8. The number of amides is 2. The van der Waals surface area contributed by atoms with Gasteiger partial charge < -0.3 is 32.3 Å². The standard InChI is InChI=1S/C24H44N4O6/c1-14(2)23(33)19(9-10-25)28-24(34)17(15(3)30)11-21(31)20(13-29)27-22(32)12-18(26)16-7-5-4-6-8-16/h14-20,29-30H,4-13,25-26H2,1-3H3,(H,27,32)(H,28,34)/t15?,17-,18?,19-,20-/m0/s1. The molecular weight excluding hydrogens is 440 g/mol. The Kier molecular flexibility index (Phi) is 13.5. The highest BCUT2D eigenvalue weighted by molar-refractivity contribution is 5.95. The molecular formula is C24H44N4O6. The normalized spacial score (nSPS) is 19.1. The molecule has 10 heteroatoms. The number of ketones is 2. The van der Waals surface area contributed by atoms with E-state index in [2.05, 4.69) is 10.6 Å². The predicted molar refractivity (Wildman–Crippen MR) is 128 cm³/mol. The van der Waals surface area contributed by atoms with E-state index in [0.717, 1.165) is 25.7 Å². The average Bonchev–Trinajstić information content (AvgIpc) is 2.80. The monoisotopic (exact) mass is 484 g/mol. The largest absolute Gasteiger partial charge is 0.394 e. The highest BCUT2D eigenvalue weighted by Gasteiger charge is 2.33. The van der Waals surface area contributed by atoms with Crippen molar-refractivity contribution in [1.29, 1.82) is 0 Å². The molecule has 0 spiro atoms. The SMILES string of the molecule is CC(C)C(=O)[C@H](CCN)NC(=O)[C@@H](CC(=O)[C@H](CO)NC(=O)CC(N)C1CCCCC1)C(C)O. The van der Waals surface area contributed by atoms with Gasteiger partial charge in [-0.1, -0.05) is 33.1 Å². The molecule has 0 aliphatic heterocycles. The van der Waals surface area contributed by atoms with Gasteiger partial charge in [0.1, 0.15) is 6.04 Å². The number of hydrogen-bond acceptors (Lipinski definition) is 8. The summed E-state index contributed by atoms with van der Waals surface area (Å²) in [5, 5.41) is 24.9. The van der Waals surface area contributed by atoms with Gasteiger partial charge in [-0.3, -0.25) is 19.2 Å². The highest BCUT2D eigenvalue weighted by atomic mass is 16.3. The zero-order valence-electron chi connectivity index (χ0n) is 20.8. The molecule has 196 valence electrons. The van der Waals surface area contributed by atoms with E-state index in [0.29, 0.717) is 0 Å². The molecule has 1 aliphatic rings. The molecule has 0 radical (unpaired) electrons. The van der Waals surface area contributed by atoms with Gasteiger partial charge in [-0.05, 0) is 38.6 Å². The van der Waals surface area contributed by atoms with Gasteiger partial charge in [0.25, 0.3) is 0 Å². The summed E-state index contributed by atoms with van der Waals surface area (Å²) in [5.74, 6) is -3.08. The smallest absolute Gasteiger partial charge is 0.226 e. The molecule has 0 bridgehead atoms. The highest BCUT2D eigenvalue weighted by Crippen LogP contribution is 2.26. The molecule has 0 aromatic carbocycles. The van der Waals surface area contributed by atoms with Gasteiger partial charge in [-0.15, -0.1) is 0 Å². The molecule has 1 rings (SSSR count). The van der Waals surface area contributed by atoms with Crippen LogP contribution >= 0.6 is 0 Å². The van der Waals surface area contributed by atoms with Crippen LogP contribution in [0.4, 0.5) is 0 Å². The van der Waals surface area contributed by atoms with Crippen LogP contribution in [0.15, 0.2) is 0 Å². The average molecular weight is 485 g/mol. The molecule has 1 aliphatic carbocycles. The molecule has 0 aromatic rings. The van der Waals surface area contributed by atoms with Gasteiger partial charge in [0.15, 0.2) is 11.6 Å². The van der Waals surface area contributed by atoms with E-state index in [-0.39, 0.29) is 43.0 Å². The summed E-state index contributed by atoms with van der Waals surface area (Å²) in [7, 11) is 0. The number of nitrogens with two attached hydrogens (primary N) is 2. The third-order valence-electron chi connectivity index (χ3n) is 6.61. The molecule has 8 N–H and O–H groups in total. The van der Waals surface area contributed by atoms with Crippen LogP contribution in [-0.2, 0) is 19.2 Å². The molecule has 1 fully saturated rings. The second kappa shape index (κ2) is 15.2. The van der Waals surface area contributed by atoms with Gasteiger partial charge in [0, 0.05) is 24.8 Å². The van der Waals surface area contributed by atoms with Crippen molar-refractivity contribution in [1.82, 2.24) is 10.6 Å². The minimum atomic E-state index is -1.21. The quantitative estimate of drug-likeness (QED) is 0.184. The van der Waals surface area contributed by atoms with Crippen LogP contribution in [0.5, 0.6) is 0 Å². The number of aliphatic hydroxyl groups is 2. The van der Waals surface area contributed by atoms with E-state index in [1.165, 1.54) is 13.3 Å². The Hall–Kier alpha value is -1.88. The van der Waals surface area contributed by atoms with Crippen molar-refractivity contribution >= 4 is 23.4 Å². The molecule has 5 atom stereocenters. The van der Waals surface area contributed by atoms with Crippen LogP contribution in [0.3, 0.4) is 0 Å². The fourth-order valence-electron chi connectivity index (χ4n) is 4.40. The molecule has 34 heavy (non-hydrogen) atoms. The Bertz CT molecular complexity index is 678. The predicted octanol–water partition coefficient (Wildman–Crippen LogP) is -0.224. The first-order chi connectivity index (χ1) is 16.0.